The van der Waals surface area contributed by atoms with Crippen LogP contribution >= 0.6 is 11.8 Å². The second kappa shape index (κ2) is 8.56. The molecule has 1 aromatic heterocycles. The lowest BCUT2D eigenvalue weighted by atomic mass is 10.0. The molecule has 0 saturated heterocycles. The number of aryl methyl sites for hydroxylation is 2. The highest BCUT2D eigenvalue weighted by molar-refractivity contribution is 8.14. The van der Waals surface area contributed by atoms with Crippen LogP contribution in [0.5, 0.6) is 5.75 Å². The molecule has 4 rings (SSSR count). The number of nitrogens with zero attached hydrogens (tertiary/aromatic N) is 1. The largest absolute Gasteiger partial charge is 0.507 e. The Bertz CT molecular complexity index is 1240. The van der Waals surface area contributed by atoms with Crippen molar-refractivity contribution < 1.29 is 9.90 Å². The Kier molecular flexibility index (Phi) is 5.68. The van der Waals surface area contributed by atoms with Gasteiger partial charge in [0.15, 0.2) is 0 Å². The lowest BCUT2D eigenvalue weighted by Crippen LogP contribution is -1.96. The van der Waals surface area contributed by atoms with Crippen LogP contribution in [-0.4, -0.2) is 15.2 Å². The number of carbonyl (C=O) groups excluding carboxylic acids is 1. The molecule has 0 atom stereocenters. The number of phenolic OH excluding ortho intramolecular Hbond substituents is 1. The lowest BCUT2D eigenvalue weighted by Gasteiger charge is -2.08. The van der Waals surface area contributed by atoms with Gasteiger partial charge in [-0.3, -0.25) is 9.78 Å². The SMILES string of the molecule is Cc1cc(C=Cc2cc(C(=O)Sc3ccccc3)cc3ncccc23)cc(C)c1O. The van der Waals surface area contributed by atoms with Crippen molar-refractivity contribution in [2.45, 2.75) is 18.7 Å². The molecule has 1 heterocycles. The van der Waals surface area contributed by atoms with E-state index in [2.05, 4.69) is 4.98 Å². The van der Waals surface area contributed by atoms with Gasteiger partial charge in [0.2, 0.25) is 5.12 Å². The number of thioether (sulfide) groups is 1. The molecule has 3 nitrogen and oxygen atoms in total. The summed E-state index contributed by atoms with van der Waals surface area (Å²) in [6.07, 6.45) is 5.74. The molecular formula is C26H21NO2S. The van der Waals surface area contributed by atoms with Crippen LogP contribution in [-0.2, 0) is 0 Å². The highest BCUT2D eigenvalue weighted by Gasteiger charge is 2.12. The zero-order valence-corrected chi connectivity index (χ0v) is 17.6. The predicted octanol–water partition coefficient (Wildman–Crippen LogP) is 6.66. The highest BCUT2D eigenvalue weighted by atomic mass is 32.2. The van der Waals surface area contributed by atoms with Gasteiger partial charge < -0.3 is 5.11 Å². The van der Waals surface area contributed by atoms with E-state index in [0.717, 1.165) is 38.1 Å². The third-order valence-electron chi connectivity index (χ3n) is 4.91. The average molecular weight is 412 g/mol. The van der Waals surface area contributed by atoms with Crippen molar-refractivity contribution in [3.8, 4) is 5.75 Å². The third-order valence-corrected chi connectivity index (χ3v) is 5.84. The van der Waals surface area contributed by atoms with Crippen LogP contribution in [0.3, 0.4) is 0 Å². The summed E-state index contributed by atoms with van der Waals surface area (Å²) in [6, 6.07) is 21.2. The van der Waals surface area contributed by atoms with E-state index >= 15 is 0 Å². The van der Waals surface area contributed by atoms with Crippen molar-refractivity contribution in [1.82, 2.24) is 4.98 Å². The highest BCUT2D eigenvalue weighted by Crippen LogP contribution is 2.28. The van der Waals surface area contributed by atoms with E-state index in [1.807, 2.05) is 92.7 Å². The summed E-state index contributed by atoms with van der Waals surface area (Å²) in [5, 5.41) is 11.0. The number of aromatic hydroxyl groups is 1. The Balaban J connectivity index is 1.73. The van der Waals surface area contributed by atoms with E-state index in [1.165, 1.54) is 11.8 Å². The minimum Gasteiger partial charge on any atom is -0.507 e. The number of rotatable bonds is 4. The summed E-state index contributed by atoms with van der Waals surface area (Å²) in [4.78, 5) is 18.3. The first-order valence-electron chi connectivity index (χ1n) is 9.65. The molecule has 0 radical (unpaired) electrons. The van der Waals surface area contributed by atoms with Crippen LogP contribution in [0.25, 0.3) is 23.1 Å². The van der Waals surface area contributed by atoms with Gasteiger partial charge in [-0.1, -0.05) is 36.4 Å². The van der Waals surface area contributed by atoms with Gasteiger partial charge in [-0.2, -0.15) is 0 Å². The summed E-state index contributed by atoms with van der Waals surface area (Å²) >= 11 is 1.22. The number of aromatic nitrogens is 1. The second-order valence-electron chi connectivity index (χ2n) is 7.17. The fourth-order valence-corrected chi connectivity index (χ4v) is 4.14. The van der Waals surface area contributed by atoms with E-state index in [1.54, 1.807) is 6.20 Å². The molecule has 0 aliphatic carbocycles. The molecule has 0 bridgehead atoms. The third kappa shape index (κ3) is 4.29. The van der Waals surface area contributed by atoms with Gasteiger partial charge in [-0.25, -0.2) is 0 Å². The molecule has 3 aromatic carbocycles. The first-order valence-corrected chi connectivity index (χ1v) is 10.5. The van der Waals surface area contributed by atoms with Crippen LogP contribution in [0, 0.1) is 13.8 Å². The van der Waals surface area contributed by atoms with Crippen LogP contribution in [0.15, 0.2) is 77.8 Å². The van der Waals surface area contributed by atoms with Crippen molar-refractivity contribution in [1.29, 1.82) is 0 Å². The minimum atomic E-state index is -0.0141. The first-order chi connectivity index (χ1) is 14.5. The number of benzene rings is 3. The molecule has 1 N–H and O–H groups in total. The van der Waals surface area contributed by atoms with Crippen molar-refractivity contribution in [2.75, 3.05) is 0 Å². The van der Waals surface area contributed by atoms with Crippen LogP contribution in [0.1, 0.15) is 32.6 Å². The van der Waals surface area contributed by atoms with E-state index in [0.29, 0.717) is 11.3 Å². The molecule has 4 heteroatoms. The predicted molar refractivity (Wildman–Crippen MR) is 125 cm³/mol. The van der Waals surface area contributed by atoms with Crippen molar-refractivity contribution in [3.63, 3.8) is 0 Å². The Morgan fingerprint density at radius 3 is 2.40 bits per heavy atom. The van der Waals surface area contributed by atoms with Gasteiger partial charge >= 0.3 is 0 Å². The van der Waals surface area contributed by atoms with Crippen LogP contribution < -0.4 is 0 Å². The number of carbonyl (C=O) groups is 1. The fourth-order valence-electron chi connectivity index (χ4n) is 3.39. The molecule has 0 unspecified atom stereocenters. The van der Waals surface area contributed by atoms with E-state index in [-0.39, 0.29) is 5.12 Å². The van der Waals surface area contributed by atoms with Gasteiger partial charge in [0.25, 0.3) is 0 Å². The average Bonchev–Trinajstić information content (AvgIpc) is 2.76. The summed E-state index contributed by atoms with van der Waals surface area (Å²) in [5.41, 5.74) is 5.01. The molecular weight excluding hydrogens is 390 g/mol. The number of hydrogen-bond acceptors (Lipinski definition) is 4. The topological polar surface area (TPSA) is 50.2 Å². The van der Waals surface area contributed by atoms with Gasteiger partial charge in [-0.05, 0) is 90.3 Å². The molecule has 0 aliphatic heterocycles. The monoisotopic (exact) mass is 411 g/mol. The summed E-state index contributed by atoms with van der Waals surface area (Å²) < 4.78 is 0. The molecule has 148 valence electrons. The van der Waals surface area contributed by atoms with Crippen molar-refractivity contribution in [3.05, 3.63) is 101 Å². The standard InChI is InChI=1S/C26H21NO2S/c1-17-13-19(14-18(2)25(17)28)10-11-20-15-21(16-24-23(20)9-6-12-27-24)26(29)30-22-7-4-3-5-8-22/h3-16,28H,1-2H3. The van der Waals surface area contributed by atoms with E-state index in [4.69, 9.17) is 0 Å². The smallest absolute Gasteiger partial charge is 0.224 e. The quantitative estimate of drug-likeness (QED) is 0.301. The maximum Gasteiger partial charge on any atom is 0.224 e. The van der Waals surface area contributed by atoms with Gasteiger partial charge in [0, 0.05) is 22.0 Å². The normalized spacial score (nSPS) is 11.3. The molecule has 0 fully saturated rings. The maximum atomic E-state index is 12.9. The summed E-state index contributed by atoms with van der Waals surface area (Å²) in [7, 11) is 0. The molecule has 0 spiro atoms. The molecule has 0 aliphatic rings. The maximum absolute atomic E-state index is 12.9. The fraction of sp³-hybridized carbons (Fsp3) is 0.0769. The van der Waals surface area contributed by atoms with Crippen molar-refractivity contribution in [2.24, 2.45) is 0 Å². The molecule has 4 aromatic rings. The number of fused-ring (bicyclic) bond motifs is 1. The van der Waals surface area contributed by atoms with E-state index < -0.39 is 0 Å². The number of pyridine rings is 1. The first kappa shape index (κ1) is 19.9. The zero-order chi connectivity index (χ0) is 21.1. The Hall–Kier alpha value is -3.37. The second-order valence-corrected chi connectivity index (χ2v) is 8.22. The molecule has 0 amide bonds. The number of phenols is 1. The zero-order valence-electron chi connectivity index (χ0n) is 16.8. The molecule has 30 heavy (non-hydrogen) atoms. The van der Waals surface area contributed by atoms with E-state index in [9.17, 15) is 9.90 Å². The Morgan fingerprint density at radius 1 is 0.933 bits per heavy atom. The van der Waals surface area contributed by atoms with Gasteiger partial charge in [0.05, 0.1) is 5.52 Å². The van der Waals surface area contributed by atoms with Crippen LogP contribution in [0.4, 0.5) is 0 Å². The Morgan fingerprint density at radius 2 is 1.67 bits per heavy atom. The lowest BCUT2D eigenvalue weighted by molar-refractivity contribution is 0.108. The summed E-state index contributed by atoms with van der Waals surface area (Å²) in [6.45, 7) is 3.78. The molecule has 0 saturated carbocycles. The number of hydrogen-bond donors (Lipinski definition) is 1. The van der Waals surface area contributed by atoms with Crippen molar-refractivity contribution >= 4 is 39.9 Å². The Labute approximate surface area is 180 Å². The summed E-state index contributed by atoms with van der Waals surface area (Å²) in [5.74, 6) is 0.326. The van der Waals surface area contributed by atoms with Gasteiger partial charge in [-0.15, -0.1) is 0 Å². The minimum absolute atomic E-state index is 0.0141. The van der Waals surface area contributed by atoms with Gasteiger partial charge in [0.1, 0.15) is 5.75 Å². The van der Waals surface area contributed by atoms with Crippen LogP contribution in [0.2, 0.25) is 0 Å².